The number of rotatable bonds is 4. The summed E-state index contributed by atoms with van der Waals surface area (Å²) in [5.74, 6) is 0. The van der Waals surface area contributed by atoms with Gasteiger partial charge in [-0.05, 0) is 56.8 Å². The number of nitrogens with zero attached hydrogens (tertiary/aromatic N) is 1. The molecule has 2 fully saturated rings. The lowest BCUT2D eigenvalue weighted by Gasteiger charge is -2.19. The van der Waals surface area contributed by atoms with Crippen LogP contribution in [0.4, 0.5) is 5.69 Å². The van der Waals surface area contributed by atoms with E-state index in [1.54, 1.807) is 0 Å². The zero-order chi connectivity index (χ0) is 11.7. The topological polar surface area (TPSA) is 15.3 Å². The van der Waals surface area contributed by atoms with Gasteiger partial charge in [0.15, 0.2) is 0 Å². The second-order valence-corrected chi connectivity index (χ2v) is 5.57. The van der Waals surface area contributed by atoms with Gasteiger partial charge in [-0.2, -0.15) is 0 Å². The van der Waals surface area contributed by atoms with Crippen LogP contribution < -0.4 is 10.2 Å². The summed E-state index contributed by atoms with van der Waals surface area (Å²) >= 11 is 0. The molecule has 2 nitrogen and oxygen atoms in total. The largest absolute Gasteiger partial charge is 0.372 e. The molecule has 0 amide bonds. The quantitative estimate of drug-likeness (QED) is 0.855. The van der Waals surface area contributed by atoms with Crippen LogP contribution in [0, 0.1) is 0 Å². The molecule has 1 aliphatic carbocycles. The third-order valence-corrected chi connectivity index (χ3v) is 4.33. The van der Waals surface area contributed by atoms with E-state index in [1.165, 1.54) is 56.4 Å². The molecule has 0 radical (unpaired) electrons. The van der Waals surface area contributed by atoms with Crippen LogP contribution in [-0.2, 0) is 6.42 Å². The van der Waals surface area contributed by atoms with E-state index < -0.39 is 0 Å². The van der Waals surface area contributed by atoms with Crippen LogP contribution in [0.15, 0.2) is 24.3 Å². The minimum atomic E-state index is 0.426. The van der Waals surface area contributed by atoms with Gasteiger partial charge in [0, 0.05) is 24.3 Å². The summed E-state index contributed by atoms with van der Waals surface area (Å²) in [5.41, 5.74) is 3.30. The molecule has 92 valence electrons. The third kappa shape index (κ3) is 2.32. The Hall–Kier alpha value is -1.02. The molecule has 1 aromatic rings. The summed E-state index contributed by atoms with van der Waals surface area (Å²) in [6.45, 7) is 2.47. The molecule has 0 spiro atoms. The Labute approximate surface area is 104 Å². The molecule has 0 bridgehead atoms. The lowest BCUT2D eigenvalue weighted by atomic mass is 10.0. The van der Waals surface area contributed by atoms with Gasteiger partial charge in [-0.15, -0.1) is 0 Å². The fourth-order valence-corrected chi connectivity index (χ4v) is 2.86. The first-order valence-electron chi connectivity index (χ1n) is 6.84. The molecule has 1 aliphatic heterocycles. The van der Waals surface area contributed by atoms with E-state index in [0.717, 1.165) is 0 Å². The summed E-state index contributed by atoms with van der Waals surface area (Å²) in [7, 11) is 2.09. The van der Waals surface area contributed by atoms with Crippen molar-refractivity contribution in [3.63, 3.8) is 0 Å². The minimum absolute atomic E-state index is 0.426. The minimum Gasteiger partial charge on any atom is -0.372 e. The maximum atomic E-state index is 3.46. The molecule has 0 aromatic heterocycles. The fourth-order valence-electron chi connectivity index (χ4n) is 2.86. The normalized spacial score (nSPS) is 21.8. The van der Waals surface area contributed by atoms with Gasteiger partial charge in [0.2, 0.25) is 0 Å². The average Bonchev–Trinajstić information content (AvgIpc) is 2.92. The van der Waals surface area contributed by atoms with Crippen molar-refractivity contribution in [2.45, 2.75) is 37.6 Å². The number of hydrogen-bond acceptors (Lipinski definition) is 2. The Morgan fingerprint density at radius 3 is 2.29 bits per heavy atom. The summed E-state index contributed by atoms with van der Waals surface area (Å²) < 4.78 is 0. The highest BCUT2D eigenvalue weighted by molar-refractivity contribution is 5.48. The van der Waals surface area contributed by atoms with E-state index in [1.807, 2.05) is 0 Å². The second-order valence-electron chi connectivity index (χ2n) is 5.57. The first-order chi connectivity index (χ1) is 8.31. The van der Waals surface area contributed by atoms with Gasteiger partial charge in [0.25, 0.3) is 0 Å². The maximum Gasteiger partial charge on any atom is 0.0366 e. The predicted octanol–water partition coefficient (Wildman–Crippen LogP) is 2.58. The summed E-state index contributed by atoms with van der Waals surface area (Å²) in [4.78, 5) is 2.49. The van der Waals surface area contributed by atoms with Gasteiger partial charge >= 0.3 is 0 Å². The van der Waals surface area contributed by atoms with Crippen LogP contribution in [0.3, 0.4) is 0 Å². The monoisotopic (exact) mass is 230 g/mol. The van der Waals surface area contributed by atoms with Crippen molar-refractivity contribution in [2.75, 3.05) is 25.0 Å². The number of nitrogens with one attached hydrogen (secondary N) is 1. The van der Waals surface area contributed by atoms with Gasteiger partial charge in [0.05, 0.1) is 0 Å². The van der Waals surface area contributed by atoms with Gasteiger partial charge in [-0.1, -0.05) is 12.1 Å². The van der Waals surface area contributed by atoms with Crippen LogP contribution in [0.5, 0.6) is 0 Å². The Kier molecular flexibility index (Phi) is 2.83. The Bertz CT molecular complexity index is 372. The van der Waals surface area contributed by atoms with E-state index in [-0.39, 0.29) is 0 Å². The van der Waals surface area contributed by atoms with Gasteiger partial charge < -0.3 is 10.2 Å². The lowest BCUT2D eigenvalue weighted by molar-refractivity contribution is 0.549. The van der Waals surface area contributed by atoms with Crippen molar-refractivity contribution in [1.82, 2.24) is 5.32 Å². The molecule has 1 N–H and O–H groups in total. The van der Waals surface area contributed by atoms with E-state index in [4.69, 9.17) is 0 Å². The van der Waals surface area contributed by atoms with Gasteiger partial charge in [0.1, 0.15) is 0 Å². The van der Waals surface area contributed by atoms with Crippen LogP contribution in [0.2, 0.25) is 0 Å². The van der Waals surface area contributed by atoms with Gasteiger partial charge in [-0.3, -0.25) is 0 Å². The maximum absolute atomic E-state index is 3.46. The van der Waals surface area contributed by atoms with Gasteiger partial charge in [-0.25, -0.2) is 0 Å². The molecular formula is C15H22N2. The summed E-state index contributed by atoms with van der Waals surface area (Å²) in [6, 6.07) is 9.22. The van der Waals surface area contributed by atoms with Crippen molar-refractivity contribution in [1.29, 1.82) is 0 Å². The van der Waals surface area contributed by atoms with Crippen LogP contribution in [0.1, 0.15) is 31.2 Å². The van der Waals surface area contributed by atoms with Crippen molar-refractivity contribution >= 4 is 5.69 Å². The molecule has 1 saturated carbocycles. The smallest absolute Gasteiger partial charge is 0.0366 e. The van der Waals surface area contributed by atoms with Crippen molar-refractivity contribution < 1.29 is 0 Å². The zero-order valence-electron chi connectivity index (χ0n) is 10.7. The highest BCUT2D eigenvalue weighted by Crippen LogP contribution is 2.38. The summed E-state index contributed by atoms with van der Waals surface area (Å²) in [5, 5.41) is 3.46. The Morgan fingerprint density at radius 2 is 1.76 bits per heavy atom. The second kappa shape index (κ2) is 4.34. The van der Waals surface area contributed by atoms with E-state index >= 15 is 0 Å². The first kappa shape index (κ1) is 11.1. The number of hydrogen-bond donors (Lipinski definition) is 1. The number of benzene rings is 1. The van der Waals surface area contributed by atoms with Crippen molar-refractivity contribution in [3.8, 4) is 0 Å². The van der Waals surface area contributed by atoms with Crippen LogP contribution >= 0.6 is 0 Å². The molecule has 17 heavy (non-hydrogen) atoms. The van der Waals surface area contributed by atoms with Crippen molar-refractivity contribution in [3.05, 3.63) is 29.8 Å². The Balaban J connectivity index is 1.67. The molecule has 2 heteroatoms. The molecule has 0 unspecified atom stereocenters. The molecule has 1 heterocycles. The highest BCUT2D eigenvalue weighted by Gasteiger charge is 2.40. The molecule has 1 saturated heterocycles. The average molecular weight is 230 g/mol. The predicted molar refractivity (Wildman–Crippen MR) is 72.6 cm³/mol. The van der Waals surface area contributed by atoms with E-state index in [2.05, 4.69) is 41.5 Å². The SMILES string of the molecule is CNC1(Cc2ccc(N3CCCC3)cc2)CC1. The van der Waals surface area contributed by atoms with E-state index in [0.29, 0.717) is 5.54 Å². The summed E-state index contributed by atoms with van der Waals surface area (Å²) in [6.07, 6.45) is 6.55. The lowest BCUT2D eigenvalue weighted by Crippen LogP contribution is -2.29. The standard InChI is InChI=1S/C15H22N2/c1-16-15(8-9-15)12-13-4-6-14(7-5-13)17-10-2-3-11-17/h4-7,16H,2-3,8-12H2,1H3. The third-order valence-electron chi connectivity index (χ3n) is 4.33. The molecule has 0 atom stereocenters. The van der Waals surface area contributed by atoms with Crippen LogP contribution in [0.25, 0.3) is 0 Å². The zero-order valence-corrected chi connectivity index (χ0v) is 10.7. The molecule has 1 aromatic carbocycles. The van der Waals surface area contributed by atoms with E-state index in [9.17, 15) is 0 Å². The van der Waals surface area contributed by atoms with Crippen molar-refractivity contribution in [2.24, 2.45) is 0 Å². The number of likely N-dealkylation sites (N-methyl/N-ethyl adjacent to an activating group) is 1. The molecular weight excluding hydrogens is 208 g/mol. The number of anilines is 1. The highest BCUT2D eigenvalue weighted by atomic mass is 15.1. The first-order valence-corrected chi connectivity index (χ1v) is 6.84. The molecule has 3 rings (SSSR count). The Morgan fingerprint density at radius 1 is 1.12 bits per heavy atom. The fraction of sp³-hybridized carbons (Fsp3) is 0.600. The molecule has 2 aliphatic rings. The van der Waals surface area contributed by atoms with Crippen LogP contribution in [-0.4, -0.2) is 25.7 Å².